The minimum atomic E-state index is -3.56. The third kappa shape index (κ3) is 5.05. The molecule has 0 bridgehead atoms. The van der Waals surface area contributed by atoms with E-state index in [1.807, 2.05) is 18.7 Å². The van der Waals surface area contributed by atoms with Gasteiger partial charge in [0.2, 0.25) is 10.0 Å². The average Bonchev–Trinajstić information content (AvgIpc) is 2.90. The van der Waals surface area contributed by atoms with Crippen molar-refractivity contribution in [3.05, 3.63) is 29.8 Å². The van der Waals surface area contributed by atoms with Gasteiger partial charge in [0.1, 0.15) is 0 Å². The van der Waals surface area contributed by atoms with Gasteiger partial charge in [0, 0.05) is 31.7 Å². The van der Waals surface area contributed by atoms with Crippen molar-refractivity contribution in [3.63, 3.8) is 0 Å². The molecule has 0 N–H and O–H groups in total. The van der Waals surface area contributed by atoms with Crippen LogP contribution in [0.15, 0.2) is 29.2 Å². The van der Waals surface area contributed by atoms with Gasteiger partial charge in [-0.25, -0.2) is 8.42 Å². The Morgan fingerprint density at radius 3 is 2.20 bits per heavy atom. The van der Waals surface area contributed by atoms with Crippen LogP contribution in [0.25, 0.3) is 0 Å². The second-order valence-corrected chi connectivity index (χ2v) is 8.58. The fraction of sp³-hybridized carbons (Fsp3) is 0.632. The van der Waals surface area contributed by atoms with E-state index in [0.717, 1.165) is 51.6 Å². The number of amides is 1. The summed E-state index contributed by atoms with van der Waals surface area (Å²) in [6.07, 6.45) is 5.88. The highest BCUT2D eigenvalue weighted by Gasteiger charge is 2.25. The minimum Gasteiger partial charge on any atom is -0.339 e. The molecule has 140 valence electrons. The normalized spacial score (nSPS) is 16.0. The van der Waals surface area contributed by atoms with Gasteiger partial charge in [-0.1, -0.05) is 32.8 Å². The summed E-state index contributed by atoms with van der Waals surface area (Å²) in [4.78, 5) is 14.8. The minimum absolute atomic E-state index is 0.0588. The van der Waals surface area contributed by atoms with Crippen LogP contribution in [0.1, 0.15) is 62.7 Å². The quantitative estimate of drug-likeness (QED) is 0.742. The van der Waals surface area contributed by atoms with Gasteiger partial charge < -0.3 is 4.90 Å². The molecule has 1 aliphatic heterocycles. The molecule has 25 heavy (non-hydrogen) atoms. The first-order valence-corrected chi connectivity index (χ1v) is 10.8. The Morgan fingerprint density at radius 2 is 1.64 bits per heavy atom. The maximum atomic E-state index is 12.9. The Hall–Kier alpha value is -1.40. The van der Waals surface area contributed by atoms with Gasteiger partial charge in [0.25, 0.3) is 5.91 Å². The van der Waals surface area contributed by atoms with Gasteiger partial charge in [-0.05, 0) is 43.9 Å². The number of carbonyl (C=O) groups is 1. The first-order valence-electron chi connectivity index (χ1n) is 9.40. The third-order valence-electron chi connectivity index (χ3n) is 4.56. The monoisotopic (exact) mass is 366 g/mol. The van der Waals surface area contributed by atoms with E-state index in [2.05, 4.69) is 0 Å². The molecule has 1 heterocycles. The SMILES string of the molecule is CCCN(CCC)S(=O)(=O)c1cccc(C(=O)N2CCCCCC2)c1. The van der Waals surface area contributed by atoms with E-state index in [9.17, 15) is 13.2 Å². The molecule has 0 atom stereocenters. The lowest BCUT2D eigenvalue weighted by molar-refractivity contribution is 0.0761. The summed E-state index contributed by atoms with van der Waals surface area (Å²) in [6, 6.07) is 6.53. The van der Waals surface area contributed by atoms with Crippen LogP contribution in [0, 0.1) is 0 Å². The molecule has 0 aromatic heterocycles. The molecule has 0 saturated carbocycles. The zero-order chi connectivity index (χ0) is 18.3. The van der Waals surface area contributed by atoms with Crippen molar-refractivity contribution in [1.29, 1.82) is 0 Å². The van der Waals surface area contributed by atoms with E-state index in [1.54, 1.807) is 24.3 Å². The zero-order valence-electron chi connectivity index (χ0n) is 15.4. The summed E-state index contributed by atoms with van der Waals surface area (Å²) in [7, 11) is -3.56. The molecule has 1 aliphatic rings. The summed E-state index contributed by atoms with van der Waals surface area (Å²) in [5.74, 6) is -0.0588. The van der Waals surface area contributed by atoms with Crippen LogP contribution >= 0.6 is 0 Å². The number of hydrogen-bond acceptors (Lipinski definition) is 3. The van der Waals surface area contributed by atoms with Crippen molar-refractivity contribution in [2.75, 3.05) is 26.2 Å². The predicted molar refractivity (Wildman–Crippen MR) is 100 cm³/mol. The first kappa shape index (κ1) is 19.9. The summed E-state index contributed by atoms with van der Waals surface area (Å²) < 4.78 is 27.4. The number of likely N-dealkylation sites (tertiary alicyclic amines) is 1. The van der Waals surface area contributed by atoms with E-state index in [0.29, 0.717) is 18.7 Å². The summed E-state index contributed by atoms with van der Waals surface area (Å²) in [5, 5.41) is 0. The second-order valence-electron chi connectivity index (χ2n) is 6.64. The molecule has 0 unspecified atom stereocenters. The Bertz CT molecular complexity index is 659. The fourth-order valence-electron chi connectivity index (χ4n) is 3.25. The van der Waals surface area contributed by atoms with Gasteiger partial charge >= 0.3 is 0 Å². The highest BCUT2D eigenvalue weighted by atomic mass is 32.2. The first-order chi connectivity index (χ1) is 12.0. The van der Waals surface area contributed by atoms with Crippen LogP contribution in [0.5, 0.6) is 0 Å². The van der Waals surface area contributed by atoms with Crippen LogP contribution in [-0.2, 0) is 10.0 Å². The molecule has 1 aromatic carbocycles. The highest BCUT2D eigenvalue weighted by molar-refractivity contribution is 7.89. The molecule has 6 heteroatoms. The van der Waals surface area contributed by atoms with Crippen LogP contribution in [0.4, 0.5) is 0 Å². The molecule has 1 saturated heterocycles. The van der Waals surface area contributed by atoms with Crippen molar-refractivity contribution < 1.29 is 13.2 Å². The van der Waals surface area contributed by atoms with Gasteiger partial charge in [-0.3, -0.25) is 4.79 Å². The Balaban J connectivity index is 2.26. The number of benzene rings is 1. The molecular formula is C19H30N2O3S. The van der Waals surface area contributed by atoms with E-state index in [1.165, 1.54) is 4.31 Å². The van der Waals surface area contributed by atoms with Crippen LogP contribution in [-0.4, -0.2) is 49.7 Å². The lowest BCUT2D eigenvalue weighted by Gasteiger charge is -2.23. The van der Waals surface area contributed by atoms with E-state index in [4.69, 9.17) is 0 Å². The molecule has 1 fully saturated rings. The molecule has 0 aliphatic carbocycles. The zero-order valence-corrected chi connectivity index (χ0v) is 16.2. The van der Waals surface area contributed by atoms with Crippen molar-refractivity contribution in [3.8, 4) is 0 Å². The molecule has 5 nitrogen and oxygen atoms in total. The van der Waals surface area contributed by atoms with Crippen molar-refractivity contribution in [1.82, 2.24) is 9.21 Å². The van der Waals surface area contributed by atoms with Crippen LogP contribution in [0.2, 0.25) is 0 Å². The molecule has 0 radical (unpaired) electrons. The van der Waals surface area contributed by atoms with Crippen LogP contribution < -0.4 is 0 Å². The number of sulfonamides is 1. The Kier molecular flexibility index (Phi) is 7.44. The Morgan fingerprint density at radius 1 is 1.04 bits per heavy atom. The second kappa shape index (κ2) is 9.34. The van der Waals surface area contributed by atoms with Crippen LogP contribution in [0.3, 0.4) is 0 Å². The lowest BCUT2D eigenvalue weighted by Crippen LogP contribution is -2.33. The van der Waals surface area contributed by atoms with Gasteiger partial charge in [-0.2, -0.15) is 4.31 Å². The summed E-state index contributed by atoms with van der Waals surface area (Å²) >= 11 is 0. The summed E-state index contributed by atoms with van der Waals surface area (Å²) in [6.45, 7) is 6.46. The van der Waals surface area contributed by atoms with E-state index < -0.39 is 10.0 Å². The molecular weight excluding hydrogens is 336 g/mol. The number of rotatable bonds is 7. The van der Waals surface area contributed by atoms with E-state index >= 15 is 0 Å². The standard InChI is InChI=1S/C19H30N2O3S/c1-3-12-21(13-4-2)25(23,24)18-11-9-10-17(16-18)19(22)20-14-7-5-6-8-15-20/h9-11,16H,3-8,12-15H2,1-2H3. The number of nitrogens with zero attached hydrogens (tertiary/aromatic N) is 2. The number of carbonyl (C=O) groups excluding carboxylic acids is 1. The van der Waals surface area contributed by atoms with Gasteiger partial charge in [-0.15, -0.1) is 0 Å². The fourth-order valence-corrected chi connectivity index (χ4v) is 4.92. The van der Waals surface area contributed by atoms with E-state index in [-0.39, 0.29) is 10.8 Å². The van der Waals surface area contributed by atoms with Crippen molar-refractivity contribution in [2.24, 2.45) is 0 Å². The summed E-state index contributed by atoms with van der Waals surface area (Å²) in [5.41, 5.74) is 0.468. The smallest absolute Gasteiger partial charge is 0.253 e. The maximum absolute atomic E-state index is 12.9. The van der Waals surface area contributed by atoms with Crippen molar-refractivity contribution in [2.45, 2.75) is 57.3 Å². The maximum Gasteiger partial charge on any atom is 0.253 e. The highest BCUT2D eigenvalue weighted by Crippen LogP contribution is 2.20. The van der Waals surface area contributed by atoms with Gasteiger partial charge in [0.15, 0.2) is 0 Å². The molecule has 2 rings (SSSR count). The van der Waals surface area contributed by atoms with Crippen molar-refractivity contribution >= 4 is 15.9 Å². The lowest BCUT2D eigenvalue weighted by atomic mass is 10.2. The molecule has 1 amide bonds. The third-order valence-corrected chi connectivity index (χ3v) is 6.45. The predicted octanol–water partition coefficient (Wildman–Crippen LogP) is 3.51. The topological polar surface area (TPSA) is 57.7 Å². The largest absolute Gasteiger partial charge is 0.339 e. The Labute approximate surface area is 152 Å². The van der Waals surface area contributed by atoms with Gasteiger partial charge in [0.05, 0.1) is 4.90 Å². The molecule has 0 spiro atoms. The molecule has 1 aromatic rings. The average molecular weight is 367 g/mol. The number of hydrogen-bond donors (Lipinski definition) is 0.